The molecular formula is C22H26N7O13P2+. The summed E-state index contributed by atoms with van der Waals surface area (Å²) in [6.07, 6.45) is -7.88. The van der Waals surface area contributed by atoms with Crippen molar-refractivity contribution in [2.45, 2.75) is 55.5 Å². The van der Waals surface area contributed by atoms with Crippen molar-refractivity contribution < 1.29 is 57.3 Å². The molecule has 20 nitrogen and oxygen atoms in total. The number of rotatable bonds is 10. The fourth-order valence-electron chi connectivity index (χ4n) is 5.29. The lowest BCUT2D eigenvalue weighted by molar-refractivity contribution is -0.0539. The number of anilines is 1. The van der Waals surface area contributed by atoms with Crippen LogP contribution in [0.1, 0.15) is 17.5 Å². The van der Waals surface area contributed by atoms with Gasteiger partial charge < -0.3 is 40.4 Å². The minimum atomic E-state index is -5.11. The molecule has 2 unspecified atom stereocenters. The van der Waals surface area contributed by atoms with E-state index in [1.807, 2.05) is 0 Å². The molecule has 3 aromatic heterocycles. The highest BCUT2D eigenvalue weighted by Crippen LogP contribution is 2.49. The van der Waals surface area contributed by atoms with Crippen LogP contribution in [0.4, 0.5) is 5.69 Å². The Balaban J connectivity index is 1.20. The number of aliphatic imine (C=N–C) groups is 1. The highest BCUT2D eigenvalue weighted by atomic mass is 31.2. The van der Waals surface area contributed by atoms with Gasteiger partial charge in [0.05, 0.1) is 55.1 Å². The first kappa shape index (κ1) is 30.9. The number of aromatic amines is 1. The third-order valence-corrected chi connectivity index (χ3v) is 8.74. The Morgan fingerprint density at radius 3 is 2.73 bits per heavy atom. The molecule has 3 aromatic rings. The lowest BCUT2D eigenvalue weighted by atomic mass is 10.0. The number of ether oxygens (including phenoxy) is 2. The van der Waals surface area contributed by atoms with Gasteiger partial charge in [0, 0.05) is 10.8 Å². The maximum atomic E-state index is 13.1. The summed E-state index contributed by atoms with van der Waals surface area (Å²) in [4.78, 5) is 51.2. The summed E-state index contributed by atoms with van der Waals surface area (Å²) in [5.74, 6) is 0. The number of H-pyrrole nitrogens is 1. The van der Waals surface area contributed by atoms with Gasteiger partial charge in [-0.05, 0) is 6.07 Å². The van der Waals surface area contributed by atoms with Gasteiger partial charge in [-0.25, -0.2) is 19.5 Å². The molecule has 10 atom stereocenters. The summed E-state index contributed by atoms with van der Waals surface area (Å²) in [6, 6.07) is 1.51. The number of hydrogen-bond acceptors (Lipinski definition) is 16. The molecule has 6 rings (SSSR count). The molecule has 22 heteroatoms. The Labute approximate surface area is 246 Å². The highest BCUT2D eigenvalue weighted by molar-refractivity contribution is 7.47. The van der Waals surface area contributed by atoms with E-state index in [0.717, 1.165) is 6.33 Å². The monoisotopic (exact) mass is 658 g/mol. The van der Waals surface area contributed by atoms with Gasteiger partial charge in [-0.2, -0.15) is 0 Å². The molecule has 44 heavy (non-hydrogen) atoms. The van der Waals surface area contributed by atoms with Crippen molar-refractivity contribution in [2.24, 2.45) is 4.99 Å². The van der Waals surface area contributed by atoms with Crippen molar-refractivity contribution in [3.05, 3.63) is 46.5 Å². The van der Waals surface area contributed by atoms with E-state index < -0.39 is 83.8 Å². The van der Waals surface area contributed by atoms with Crippen molar-refractivity contribution >= 4 is 38.6 Å². The van der Waals surface area contributed by atoms with Crippen LogP contribution < -0.4 is 11.3 Å². The largest absolute Gasteiger partial charge is 0.695 e. The smallest absolute Gasteiger partial charge is 0.397 e. The Morgan fingerprint density at radius 2 is 1.98 bits per heavy atom. The molecule has 8 N–H and O–H groups in total. The second kappa shape index (κ2) is 12.0. The number of imidazole rings is 1. The van der Waals surface area contributed by atoms with Crippen LogP contribution in [0.25, 0.3) is 11.2 Å². The zero-order valence-corrected chi connectivity index (χ0v) is 24.0. The first-order valence-corrected chi connectivity index (χ1v) is 15.6. The first-order valence-electron chi connectivity index (χ1n) is 12.9. The molecule has 0 aliphatic carbocycles. The number of fused-ring (bicyclic) bond motifs is 2. The summed E-state index contributed by atoms with van der Waals surface area (Å²) >= 11 is 0. The fourth-order valence-corrected chi connectivity index (χ4v) is 6.70. The van der Waals surface area contributed by atoms with Crippen molar-refractivity contribution in [3.63, 3.8) is 0 Å². The van der Waals surface area contributed by atoms with E-state index in [-0.39, 0.29) is 29.2 Å². The Morgan fingerprint density at radius 1 is 1.18 bits per heavy atom. The van der Waals surface area contributed by atoms with Crippen molar-refractivity contribution in [1.82, 2.24) is 24.5 Å². The van der Waals surface area contributed by atoms with Crippen molar-refractivity contribution in [3.8, 4) is 0 Å². The van der Waals surface area contributed by atoms with Gasteiger partial charge in [0.2, 0.25) is 0 Å². The molecular weight excluding hydrogens is 632 g/mol. The predicted molar refractivity (Wildman–Crippen MR) is 144 cm³/mol. The van der Waals surface area contributed by atoms with E-state index in [1.54, 1.807) is 0 Å². The van der Waals surface area contributed by atoms with Crippen molar-refractivity contribution in [2.75, 3.05) is 18.9 Å². The Bertz CT molecular complexity index is 1720. The van der Waals surface area contributed by atoms with Crippen LogP contribution in [-0.4, -0.2) is 111 Å². The number of nitrogens with one attached hydrogen (secondary N) is 1. The van der Waals surface area contributed by atoms with E-state index >= 15 is 0 Å². The minimum absolute atomic E-state index is 0.0539. The molecule has 0 saturated carbocycles. The highest BCUT2D eigenvalue weighted by Gasteiger charge is 2.53. The SMILES string of the molecule is Nc1ccnc2c1ncn2[C@@H]1O[C@H](COP(=O)(O)O[C@@H]2[C@H](O)[C@@H](CO)O[C@H]2C2=NCc3c2nc[nH]c3=O)[C@@H](O[P+](=O)O)[C@H]1O. The lowest BCUT2D eigenvalue weighted by Crippen LogP contribution is -2.39. The third-order valence-electron chi connectivity index (χ3n) is 7.33. The van der Waals surface area contributed by atoms with Crippen molar-refractivity contribution in [1.29, 1.82) is 0 Å². The van der Waals surface area contributed by atoms with Crippen LogP contribution in [0, 0.1) is 0 Å². The molecule has 2 fully saturated rings. The fraction of sp³-hybridized carbons (Fsp3) is 0.500. The van der Waals surface area contributed by atoms with E-state index in [0.29, 0.717) is 11.2 Å². The first-order chi connectivity index (χ1) is 21.0. The summed E-state index contributed by atoms with van der Waals surface area (Å²) in [7, 11) is -8.38. The predicted octanol–water partition coefficient (Wildman–Crippen LogP) is -1.98. The molecule has 0 aromatic carbocycles. The normalized spacial score (nSPS) is 31.7. The number of pyridine rings is 1. The van der Waals surface area contributed by atoms with Gasteiger partial charge in [-0.1, -0.05) is 0 Å². The number of hydrogen-bond donors (Lipinski definition) is 7. The standard InChI is InChI=1S/C22H25N7O13P2/c23-9-1-2-24-20-13(9)28-7-29(20)22-16(32)17(41-43(34)35)11(40-22)5-38-44(36,37)42-19-15(31)10(4-30)39-18(19)14-12-8(3-25-14)21(33)27-6-26-12/h1-2,6-7,10-11,15-19,22,30-32H,3-5H2,(H4-,23,24,26,27,33,34,35,36,37)/p+1/t10-,11-,15-,16-,17-,18+,19-,22-/m1/s1. The average molecular weight is 658 g/mol. The molecule has 236 valence electrons. The minimum Gasteiger partial charge on any atom is -0.397 e. The van der Waals surface area contributed by atoms with Crippen LogP contribution >= 0.6 is 16.1 Å². The lowest BCUT2D eigenvalue weighted by Gasteiger charge is -2.24. The number of nitrogens with two attached hydrogens (primary N) is 1. The molecule has 3 aliphatic heterocycles. The van der Waals surface area contributed by atoms with E-state index in [4.69, 9.17) is 28.8 Å². The summed E-state index contributed by atoms with van der Waals surface area (Å²) in [5, 5.41) is 31.4. The molecule has 2 saturated heterocycles. The second-order valence-corrected chi connectivity index (χ2v) is 12.0. The summed E-state index contributed by atoms with van der Waals surface area (Å²) in [6.45, 7) is -1.57. The maximum absolute atomic E-state index is 13.1. The number of phosphoric ester groups is 1. The van der Waals surface area contributed by atoms with Crippen LogP contribution in [0.3, 0.4) is 0 Å². The van der Waals surface area contributed by atoms with Gasteiger partial charge in [0.1, 0.15) is 42.1 Å². The van der Waals surface area contributed by atoms with Crippen LogP contribution in [0.5, 0.6) is 0 Å². The number of phosphoric acid groups is 1. The zero-order chi connectivity index (χ0) is 31.3. The van der Waals surface area contributed by atoms with Crippen LogP contribution in [-0.2, 0) is 38.7 Å². The van der Waals surface area contributed by atoms with Gasteiger partial charge >= 0.3 is 16.1 Å². The Hall–Kier alpha value is -3.10. The number of aliphatic hydroxyl groups is 3. The van der Waals surface area contributed by atoms with E-state index in [2.05, 4.69) is 24.9 Å². The molecule has 6 heterocycles. The number of aliphatic hydroxyl groups excluding tert-OH is 3. The van der Waals surface area contributed by atoms with Gasteiger partial charge in [0.25, 0.3) is 5.56 Å². The topological polar surface area (TPSA) is 296 Å². The molecule has 0 radical (unpaired) electrons. The van der Waals surface area contributed by atoms with Gasteiger partial charge in [0.15, 0.2) is 18.0 Å². The van der Waals surface area contributed by atoms with Gasteiger partial charge in [-0.15, -0.1) is 9.42 Å². The Kier molecular flexibility index (Phi) is 8.44. The summed E-state index contributed by atoms with van der Waals surface area (Å²) < 4.78 is 52.8. The molecule has 0 amide bonds. The van der Waals surface area contributed by atoms with Gasteiger partial charge in [-0.3, -0.25) is 23.4 Å². The van der Waals surface area contributed by atoms with Crippen LogP contribution in [0.2, 0.25) is 0 Å². The molecule has 3 aliphatic rings. The molecule has 0 bridgehead atoms. The second-order valence-electron chi connectivity index (χ2n) is 9.95. The number of aromatic nitrogens is 5. The average Bonchev–Trinajstić information content (AvgIpc) is 3.74. The third kappa shape index (κ3) is 5.60. The quantitative estimate of drug-likeness (QED) is 0.116. The zero-order valence-electron chi connectivity index (χ0n) is 22.3. The maximum Gasteiger partial charge on any atom is 0.695 e. The van der Waals surface area contributed by atoms with E-state index in [1.165, 1.54) is 23.2 Å². The van der Waals surface area contributed by atoms with Crippen LogP contribution in [0.15, 0.2) is 34.7 Å². The number of nitrogen functional groups attached to an aromatic ring is 1. The number of nitrogens with zero attached hydrogens (tertiary/aromatic N) is 5. The molecule has 0 spiro atoms. The van der Waals surface area contributed by atoms with E-state index in [9.17, 15) is 39.0 Å². The summed E-state index contributed by atoms with van der Waals surface area (Å²) in [5.41, 5.74) is 6.66.